The average Bonchev–Trinajstić information content (AvgIpc) is 2.81. The van der Waals surface area contributed by atoms with E-state index in [1.807, 2.05) is 18.2 Å². The van der Waals surface area contributed by atoms with Gasteiger partial charge in [-0.25, -0.2) is 4.79 Å². The molecule has 3 aromatic carbocycles. The summed E-state index contributed by atoms with van der Waals surface area (Å²) in [5, 5.41) is 0. The van der Waals surface area contributed by atoms with Gasteiger partial charge in [0.25, 0.3) is 0 Å². The van der Waals surface area contributed by atoms with Crippen molar-refractivity contribution in [2.24, 2.45) is 0 Å². The van der Waals surface area contributed by atoms with E-state index >= 15 is 0 Å². The third kappa shape index (κ3) is 6.10. The Bertz CT molecular complexity index is 1170. The second kappa shape index (κ2) is 10.2. The maximum Gasteiger partial charge on any atom is 0.343 e. The van der Waals surface area contributed by atoms with Gasteiger partial charge in [-0.3, -0.25) is 4.79 Å². The van der Waals surface area contributed by atoms with E-state index in [0.717, 1.165) is 11.1 Å². The summed E-state index contributed by atoms with van der Waals surface area (Å²) in [5.41, 5.74) is 2.75. The molecular formula is C28H28O5. The highest BCUT2D eigenvalue weighted by Gasteiger charge is 2.15. The first kappa shape index (κ1) is 23.8. The minimum atomic E-state index is -0.436. The fourth-order valence-corrected chi connectivity index (χ4v) is 3.22. The second-order valence-corrected chi connectivity index (χ2v) is 8.55. The SMILES string of the molecule is COc1ccc(OC)c(C(=O)C=Cc2cccc(OC(=O)c3ccc(C(C)(C)C)cc3)c2)c1. The number of methoxy groups -OCH3 is 2. The van der Waals surface area contributed by atoms with Gasteiger partial charge in [0.2, 0.25) is 0 Å². The van der Waals surface area contributed by atoms with Crippen LogP contribution in [0.5, 0.6) is 17.2 Å². The fourth-order valence-electron chi connectivity index (χ4n) is 3.22. The van der Waals surface area contributed by atoms with Crippen molar-refractivity contribution in [1.82, 2.24) is 0 Å². The van der Waals surface area contributed by atoms with Gasteiger partial charge in [0.05, 0.1) is 25.3 Å². The van der Waals surface area contributed by atoms with E-state index in [0.29, 0.717) is 28.4 Å². The summed E-state index contributed by atoms with van der Waals surface area (Å²) in [6.07, 6.45) is 3.11. The van der Waals surface area contributed by atoms with E-state index in [-0.39, 0.29) is 11.2 Å². The van der Waals surface area contributed by atoms with Gasteiger partial charge in [-0.2, -0.15) is 0 Å². The second-order valence-electron chi connectivity index (χ2n) is 8.55. The molecule has 0 spiro atoms. The molecule has 0 radical (unpaired) electrons. The summed E-state index contributed by atoms with van der Waals surface area (Å²) in [6.45, 7) is 6.36. The summed E-state index contributed by atoms with van der Waals surface area (Å²) < 4.78 is 16.0. The molecule has 5 heteroatoms. The molecule has 0 bridgehead atoms. The van der Waals surface area contributed by atoms with Crippen LogP contribution in [-0.2, 0) is 5.41 Å². The lowest BCUT2D eigenvalue weighted by Gasteiger charge is -2.18. The molecule has 0 fully saturated rings. The zero-order valence-corrected chi connectivity index (χ0v) is 19.5. The van der Waals surface area contributed by atoms with Crippen LogP contribution in [0.2, 0.25) is 0 Å². The molecule has 33 heavy (non-hydrogen) atoms. The highest BCUT2D eigenvalue weighted by atomic mass is 16.5. The molecule has 0 aromatic heterocycles. The van der Waals surface area contributed by atoms with Crippen molar-refractivity contribution in [3.05, 3.63) is 95.1 Å². The Morgan fingerprint density at radius 2 is 1.55 bits per heavy atom. The number of benzene rings is 3. The lowest BCUT2D eigenvalue weighted by atomic mass is 9.87. The molecule has 0 N–H and O–H groups in total. The Morgan fingerprint density at radius 1 is 0.818 bits per heavy atom. The van der Waals surface area contributed by atoms with E-state index in [4.69, 9.17) is 14.2 Å². The Morgan fingerprint density at radius 3 is 2.18 bits per heavy atom. The summed E-state index contributed by atoms with van der Waals surface area (Å²) in [5.74, 6) is 0.761. The number of carbonyl (C=O) groups excluding carboxylic acids is 2. The van der Waals surface area contributed by atoms with Gasteiger partial charge in [0.1, 0.15) is 17.2 Å². The van der Waals surface area contributed by atoms with Crippen LogP contribution in [0.3, 0.4) is 0 Å². The highest BCUT2D eigenvalue weighted by Crippen LogP contribution is 2.26. The maximum atomic E-state index is 12.7. The lowest BCUT2D eigenvalue weighted by molar-refractivity contribution is 0.0734. The smallest absolute Gasteiger partial charge is 0.343 e. The van der Waals surface area contributed by atoms with E-state index in [1.54, 1.807) is 54.6 Å². The van der Waals surface area contributed by atoms with E-state index in [2.05, 4.69) is 20.8 Å². The number of rotatable bonds is 7. The van der Waals surface area contributed by atoms with Gasteiger partial charge in [0, 0.05) is 0 Å². The standard InChI is InChI=1S/C28H28O5/c1-28(2,3)21-12-10-20(11-13-21)27(30)33-23-8-6-7-19(17-23)9-15-25(29)24-18-22(31-4)14-16-26(24)32-5/h6-18H,1-5H3. The zero-order valence-electron chi connectivity index (χ0n) is 19.5. The number of hydrogen-bond acceptors (Lipinski definition) is 5. The van der Waals surface area contributed by atoms with Crippen LogP contribution in [0, 0.1) is 0 Å². The summed E-state index contributed by atoms with van der Waals surface area (Å²) >= 11 is 0. The number of ether oxygens (including phenoxy) is 3. The number of ketones is 1. The monoisotopic (exact) mass is 444 g/mol. The quantitative estimate of drug-likeness (QED) is 0.190. The molecule has 0 unspecified atom stereocenters. The van der Waals surface area contributed by atoms with Gasteiger partial charge in [0.15, 0.2) is 5.78 Å². The fraction of sp³-hybridized carbons (Fsp3) is 0.214. The van der Waals surface area contributed by atoms with Gasteiger partial charge < -0.3 is 14.2 Å². The van der Waals surface area contributed by atoms with Crippen LogP contribution in [0.15, 0.2) is 72.8 Å². The molecule has 0 amide bonds. The predicted octanol–water partition coefficient (Wildman–Crippen LogP) is 6.12. The van der Waals surface area contributed by atoms with Crippen LogP contribution in [0.1, 0.15) is 52.6 Å². The van der Waals surface area contributed by atoms with E-state index < -0.39 is 5.97 Å². The van der Waals surface area contributed by atoms with Crippen molar-refractivity contribution in [2.75, 3.05) is 14.2 Å². The Kier molecular flexibility index (Phi) is 7.34. The van der Waals surface area contributed by atoms with E-state index in [9.17, 15) is 9.59 Å². The van der Waals surface area contributed by atoms with Crippen LogP contribution in [0.25, 0.3) is 6.08 Å². The first-order valence-corrected chi connectivity index (χ1v) is 10.6. The summed E-state index contributed by atoms with van der Waals surface area (Å²) in [4.78, 5) is 25.3. The van der Waals surface area contributed by atoms with Crippen molar-refractivity contribution in [3.8, 4) is 17.2 Å². The van der Waals surface area contributed by atoms with Gasteiger partial charge in [-0.15, -0.1) is 0 Å². The first-order valence-electron chi connectivity index (χ1n) is 10.6. The minimum Gasteiger partial charge on any atom is -0.497 e. The molecule has 0 saturated heterocycles. The number of allylic oxidation sites excluding steroid dienone is 1. The molecule has 0 aliphatic rings. The highest BCUT2D eigenvalue weighted by molar-refractivity contribution is 6.09. The van der Waals surface area contributed by atoms with Gasteiger partial charge >= 0.3 is 5.97 Å². The topological polar surface area (TPSA) is 61.8 Å². The molecular weight excluding hydrogens is 416 g/mol. The zero-order chi connectivity index (χ0) is 24.0. The number of esters is 1. The predicted molar refractivity (Wildman–Crippen MR) is 129 cm³/mol. The molecule has 0 heterocycles. The normalized spacial score (nSPS) is 11.3. The first-order chi connectivity index (χ1) is 15.7. The van der Waals surface area contributed by atoms with Gasteiger partial charge in [-0.1, -0.05) is 51.1 Å². The average molecular weight is 445 g/mol. The van der Waals surface area contributed by atoms with Crippen LogP contribution >= 0.6 is 0 Å². The van der Waals surface area contributed by atoms with Crippen LogP contribution < -0.4 is 14.2 Å². The third-order valence-electron chi connectivity index (χ3n) is 5.15. The van der Waals surface area contributed by atoms with Crippen molar-refractivity contribution < 1.29 is 23.8 Å². The Labute approximate surface area is 194 Å². The molecule has 170 valence electrons. The third-order valence-corrected chi connectivity index (χ3v) is 5.15. The molecule has 0 saturated carbocycles. The summed E-state index contributed by atoms with van der Waals surface area (Å²) in [6, 6.07) is 19.5. The molecule has 5 nitrogen and oxygen atoms in total. The molecule has 3 aromatic rings. The number of carbonyl (C=O) groups is 2. The van der Waals surface area contributed by atoms with Crippen molar-refractivity contribution in [2.45, 2.75) is 26.2 Å². The van der Waals surface area contributed by atoms with Gasteiger partial charge in [-0.05, 0) is 65.1 Å². The van der Waals surface area contributed by atoms with E-state index in [1.165, 1.54) is 20.3 Å². The largest absolute Gasteiger partial charge is 0.497 e. The molecule has 0 aliphatic heterocycles. The lowest BCUT2D eigenvalue weighted by Crippen LogP contribution is -2.12. The maximum absolute atomic E-state index is 12.7. The number of hydrogen-bond donors (Lipinski definition) is 0. The molecule has 0 atom stereocenters. The van der Waals surface area contributed by atoms with Crippen LogP contribution in [-0.4, -0.2) is 26.0 Å². The Balaban J connectivity index is 1.73. The Hall–Kier alpha value is -3.86. The molecule has 0 aliphatic carbocycles. The van der Waals surface area contributed by atoms with Crippen molar-refractivity contribution in [3.63, 3.8) is 0 Å². The van der Waals surface area contributed by atoms with Crippen molar-refractivity contribution in [1.29, 1.82) is 0 Å². The van der Waals surface area contributed by atoms with Crippen molar-refractivity contribution >= 4 is 17.8 Å². The van der Waals surface area contributed by atoms with Crippen LogP contribution in [0.4, 0.5) is 0 Å². The minimum absolute atomic E-state index is 0.00936. The summed E-state index contributed by atoms with van der Waals surface area (Å²) in [7, 11) is 3.05. The molecule has 3 rings (SSSR count).